The Morgan fingerprint density at radius 1 is 1.31 bits per heavy atom. The van der Waals surface area contributed by atoms with Crippen molar-refractivity contribution in [3.05, 3.63) is 35.0 Å². The Morgan fingerprint density at radius 2 is 2.04 bits per heavy atom. The monoisotopic (exact) mass is 380 g/mol. The van der Waals surface area contributed by atoms with Crippen LogP contribution in [0.15, 0.2) is 29.5 Å². The zero-order chi connectivity index (χ0) is 19.3. The van der Waals surface area contributed by atoms with Crippen LogP contribution in [-0.2, 0) is 14.3 Å². The molecule has 26 heavy (non-hydrogen) atoms. The number of carboxylic acids is 1. The average Bonchev–Trinajstić information content (AvgIpc) is 2.59. The molecule has 0 radical (unpaired) electrons. The lowest BCUT2D eigenvalue weighted by Gasteiger charge is -2.30. The van der Waals surface area contributed by atoms with Crippen molar-refractivity contribution in [2.45, 2.75) is 19.9 Å². The van der Waals surface area contributed by atoms with Gasteiger partial charge in [0.1, 0.15) is 0 Å². The van der Waals surface area contributed by atoms with Gasteiger partial charge in [0.25, 0.3) is 0 Å². The van der Waals surface area contributed by atoms with E-state index < -0.39 is 24.6 Å². The fourth-order valence-electron chi connectivity index (χ4n) is 2.55. The summed E-state index contributed by atoms with van der Waals surface area (Å²) in [5.41, 5.74) is 1.69. The van der Waals surface area contributed by atoms with E-state index in [0.29, 0.717) is 27.7 Å². The molecule has 0 saturated heterocycles. The number of methoxy groups -OCH3 is 1. The van der Waals surface area contributed by atoms with E-state index in [1.165, 1.54) is 7.11 Å². The van der Waals surface area contributed by atoms with Gasteiger partial charge >= 0.3 is 11.9 Å². The van der Waals surface area contributed by atoms with Crippen LogP contribution in [0.4, 0.5) is 0 Å². The van der Waals surface area contributed by atoms with Crippen LogP contribution < -0.4 is 20.1 Å². The lowest BCUT2D eigenvalue weighted by atomic mass is 9.95. The Balaban J connectivity index is 2.40. The van der Waals surface area contributed by atoms with E-state index in [1.54, 1.807) is 32.0 Å². The van der Waals surface area contributed by atoms with Gasteiger partial charge in [0.2, 0.25) is 0 Å². The zero-order valence-corrected chi connectivity index (χ0v) is 15.4. The Hall–Kier alpha value is -2.81. The Morgan fingerprint density at radius 3 is 2.65 bits per heavy atom. The molecule has 2 rings (SSSR count). The van der Waals surface area contributed by atoms with E-state index in [1.807, 2.05) is 0 Å². The highest BCUT2D eigenvalue weighted by molar-refractivity contribution is 7.80. The summed E-state index contributed by atoms with van der Waals surface area (Å²) in [4.78, 5) is 23.1. The third-order valence-corrected chi connectivity index (χ3v) is 3.86. The highest BCUT2D eigenvalue weighted by Gasteiger charge is 2.31. The minimum Gasteiger partial charge on any atom is -0.493 e. The number of aliphatic carboxylic acids is 1. The van der Waals surface area contributed by atoms with Gasteiger partial charge in [-0.3, -0.25) is 0 Å². The molecule has 0 aliphatic carbocycles. The SMILES string of the molecule is CCOC(=O)C1=C(C)NC(=S)N[C@@H]1c1ccc(OCC(=O)O)c(OC)c1. The smallest absolute Gasteiger partial charge is 0.341 e. The quantitative estimate of drug-likeness (QED) is 0.479. The summed E-state index contributed by atoms with van der Waals surface area (Å²) in [6.07, 6.45) is 0. The van der Waals surface area contributed by atoms with Gasteiger partial charge in [0, 0.05) is 5.70 Å². The van der Waals surface area contributed by atoms with Crippen molar-refractivity contribution >= 4 is 29.3 Å². The molecule has 1 aromatic carbocycles. The van der Waals surface area contributed by atoms with Crippen LogP contribution in [0.25, 0.3) is 0 Å². The van der Waals surface area contributed by atoms with E-state index in [0.717, 1.165) is 0 Å². The van der Waals surface area contributed by atoms with Crippen LogP contribution in [0.1, 0.15) is 25.5 Å². The second kappa shape index (κ2) is 8.52. The van der Waals surface area contributed by atoms with Gasteiger partial charge in [0.05, 0.1) is 25.3 Å². The van der Waals surface area contributed by atoms with Crippen molar-refractivity contribution in [2.24, 2.45) is 0 Å². The highest BCUT2D eigenvalue weighted by Crippen LogP contribution is 2.34. The molecule has 8 nitrogen and oxygen atoms in total. The largest absolute Gasteiger partial charge is 0.493 e. The maximum Gasteiger partial charge on any atom is 0.341 e. The summed E-state index contributed by atoms with van der Waals surface area (Å²) in [6.45, 7) is 3.24. The first-order valence-electron chi connectivity index (χ1n) is 7.85. The molecule has 0 unspecified atom stereocenters. The number of allylic oxidation sites excluding steroid dienone is 1. The standard InChI is InChI=1S/C17H20N2O6S/c1-4-24-16(22)14-9(2)18-17(26)19-15(14)10-5-6-11(12(7-10)23-3)25-8-13(20)21/h5-7,15H,4,8H2,1-3H3,(H,20,21)(H2,18,19,26)/t15-/m1/s1. The first-order valence-corrected chi connectivity index (χ1v) is 8.26. The van der Waals surface area contributed by atoms with Gasteiger partial charge in [-0.05, 0) is 43.8 Å². The molecule has 1 aromatic rings. The summed E-state index contributed by atoms with van der Waals surface area (Å²) in [5.74, 6) is -0.920. The highest BCUT2D eigenvalue weighted by atomic mass is 32.1. The predicted molar refractivity (Wildman–Crippen MR) is 97.1 cm³/mol. The number of hydrogen-bond donors (Lipinski definition) is 3. The normalized spacial score (nSPS) is 16.4. The van der Waals surface area contributed by atoms with Crippen molar-refractivity contribution in [1.29, 1.82) is 0 Å². The van der Waals surface area contributed by atoms with Crippen LogP contribution in [0.2, 0.25) is 0 Å². The molecule has 0 saturated carbocycles. The van der Waals surface area contributed by atoms with E-state index in [2.05, 4.69) is 10.6 Å². The second-order valence-electron chi connectivity index (χ2n) is 5.38. The number of thiocarbonyl (C=S) groups is 1. The summed E-state index contributed by atoms with van der Waals surface area (Å²) in [7, 11) is 1.45. The van der Waals surface area contributed by atoms with Crippen LogP contribution in [-0.4, -0.2) is 42.5 Å². The van der Waals surface area contributed by atoms with Crippen LogP contribution in [0, 0.1) is 0 Å². The Labute approximate surface area is 156 Å². The van der Waals surface area contributed by atoms with Gasteiger partial charge in [-0.15, -0.1) is 0 Å². The fourth-order valence-corrected chi connectivity index (χ4v) is 2.82. The van der Waals surface area contributed by atoms with Gasteiger partial charge < -0.3 is 30.0 Å². The number of benzene rings is 1. The molecule has 1 aliphatic rings. The minimum atomic E-state index is -1.09. The third kappa shape index (κ3) is 4.42. The van der Waals surface area contributed by atoms with Crippen molar-refractivity contribution in [2.75, 3.05) is 20.3 Å². The average molecular weight is 380 g/mol. The number of ether oxygens (including phenoxy) is 3. The van der Waals surface area contributed by atoms with Crippen LogP contribution in [0.5, 0.6) is 11.5 Å². The molecule has 140 valence electrons. The first-order chi connectivity index (χ1) is 12.4. The Bertz CT molecular complexity index is 762. The second-order valence-corrected chi connectivity index (χ2v) is 5.79. The maximum absolute atomic E-state index is 12.4. The number of carbonyl (C=O) groups is 2. The molecule has 0 bridgehead atoms. The summed E-state index contributed by atoms with van der Waals surface area (Å²) >= 11 is 5.19. The van der Waals surface area contributed by atoms with Gasteiger partial charge in [-0.1, -0.05) is 6.07 Å². The molecule has 0 amide bonds. The molecule has 1 atom stereocenters. The lowest BCUT2D eigenvalue weighted by Crippen LogP contribution is -2.45. The third-order valence-electron chi connectivity index (χ3n) is 3.64. The molecule has 1 heterocycles. The number of esters is 1. The van der Waals surface area contributed by atoms with Crippen LogP contribution >= 0.6 is 12.2 Å². The summed E-state index contributed by atoms with van der Waals surface area (Å²) < 4.78 is 15.6. The van der Waals surface area contributed by atoms with E-state index in [9.17, 15) is 9.59 Å². The van der Waals surface area contributed by atoms with E-state index in [-0.39, 0.29) is 12.4 Å². The van der Waals surface area contributed by atoms with Crippen molar-refractivity contribution in [3.63, 3.8) is 0 Å². The van der Waals surface area contributed by atoms with Gasteiger partial charge in [-0.25, -0.2) is 9.59 Å². The van der Waals surface area contributed by atoms with Gasteiger partial charge in [0.15, 0.2) is 23.2 Å². The molecule has 0 spiro atoms. The topological polar surface area (TPSA) is 106 Å². The summed E-state index contributed by atoms with van der Waals surface area (Å²) in [5, 5.41) is 15.1. The van der Waals surface area contributed by atoms with Crippen molar-refractivity contribution in [3.8, 4) is 11.5 Å². The number of nitrogens with one attached hydrogen (secondary N) is 2. The van der Waals surface area contributed by atoms with E-state index in [4.69, 9.17) is 31.5 Å². The molecule has 1 aliphatic heterocycles. The predicted octanol–water partition coefficient (Wildman–Crippen LogP) is 1.51. The molecule has 9 heteroatoms. The van der Waals surface area contributed by atoms with Crippen molar-refractivity contribution in [1.82, 2.24) is 10.6 Å². The zero-order valence-electron chi connectivity index (χ0n) is 14.6. The summed E-state index contributed by atoms with van der Waals surface area (Å²) in [6, 6.07) is 4.42. The van der Waals surface area contributed by atoms with Gasteiger partial charge in [-0.2, -0.15) is 0 Å². The number of rotatable bonds is 7. The molecule has 3 N–H and O–H groups in total. The van der Waals surface area contributed by atoms with Crippen molar-refractivity contribution < 1.29 is 28.9 Å². The molecular formula is C17H20N2O6S. The fraction of sp³-hybridized carbons (Fsp3) is 0.353. The molecular weight excluding hydrogens is 360 g/mol. The molecule has 0 aromatic heterocycles. The molecule has 0 fully saturated rings. The number of hydrogen-bond acceptors (Lipinski definition) is 6. The first kappa shape index (κ1) is 19.5. The maximum atomic E-state index is 12.4. The Kier molecular flexibility index (Phi) is 6.40. The lowest BCUT2D eigenvalue weighted by molar-refractivity contribution is -0.140. The number of carbonyl (C=O) groups excluding carboxylic acids is 1. The minimum absolute atomic E-state index is 0.248. The van der Waals surface area contributed by atoms with Crippen LogP contribution in [0.3, 0.4) is 0 Å². The number of carboxylic acid groups (broad SMARTS) is 1. The van der Waals surface area contributed by atoms with E-state index >= 15 is 0 Å².